The van der Waals surface area contributed by atoms with Crippen LogP contribution in [0, 0.1) is 11.3 Å². The molecule has 2 unspecified atom stereocenters. The Morgan fingerprint density at radius 2 is 2.17 bits per heavy atom. The van der Waals surface area contributed by atoms with Gasteiger partial charge < -0.3 is 10.6 Å². The van der Waals surface area contributed by atoms with Crippen LogP contribution in [0.2, 0.25) is 0 Å². The molecule has 2 nitrogen and oxygen atoms in total. The van der Waals surface area contributed by atoms with Gasteiger partial charge in [0.2, 0.25) is 0 Å². The first-order valence-corrected chi connectivity index (χ1v) is 5.23. The first-order chi connectivity index (χ1) is 5.81. The molecule has 2 fully saturated rings. The molecule has 2 saturated heterocycles. The van der Waals surface area contributed by atoms with Crippen LogP contribution in [0.3, 0.4) is 0 Å². The van der Waals surface area contributed by atoms with Crippen LogP contribution in [0.15, 0.2) is 0 Å². The van der Waals surface area contributed by atoms with Gasteiger partial charge in [0.05, 0.1) is 0 Å². The summed E-state index contributed by atoms with van der Waals surface area (Å²) in [4.78, 5) is 0. The second-order valence-electron chi connectivity index (χ2n) is 4.62. The Balaban J connectivity index is 1.96. The van der Waals surface area contributed by atoms with Crippen molar-refractivity contribution in [3.8, 4) is 0 Å². The fourth-order valence-corrected chi connectivity index (χ4v) is 2.63. The van der Waals surface area contributed by atoms with E-state index in [-0.39, 0.29) is 0 Å². The van der Waals surface area contributed by atoms with Gasteiger partial charge in [-0.25, -0.2) is 0 Å². The predicted molar refractivity (Wildman–Crippen MR) is 51.2 cm³/mol. The van der Waals surface area contributed by atoms with Crippen molar-refractivity contribution in [2.24, 2.45) is 11.3 Å². The minimum absolute atomic E-state index is 0.591. The van der Waals surface area contributed by atoms with E-state index in [2.05, 4.69) is 17.6 Å². The second-order valence-corrected chi connectivity index (χ2v) is 4.62. The average molecular weight is 168 g/mol. The third kappa shape index (κ3) is 1.50. The quantitative estimate of drug-likeness (QED) is 0.610. The molecule has 2 rings (SSSR count). The molecule has 0 radical (unpaired) electrons. The second kappa shape index (κ2) is 3.35. The Hall–Kier alpha value is -0.0800. The van der Waals surface area contributed by atoms with Gasteiger partial charge in [0.1, 0.15) is 0 Å². The van der Waals surface area contributed by atoms with Crippen molar-refractivity contribution in [1.82, 2.24) is 10.6 Å². The van der Waals surface area contributed by atoms with Gasteiger partial charge in [-0.05, 0) is 50.2 Å². The monoisotopic (exact) mass is 168 g/mol. The van der Waals surface area contributed by atoms with Crippen LogP contribution in [0.5, 0.6) is 0 Å². The zero-order valence-electron chi connectivity index (χ0n) is 8.03. The van der Waals surface area contributed by atoms with E-state index in [4.69, 9.17) is 0 Å². The third-order valence-electron chi connectivity index (χ3n) is 3.68. The molecule has 0 aromatic heterocycles. The van der Waals surface area contributed by atoms with Gasteiger partial charge in [-0.15, -0.1) is 0 Å². The summed E-state index contributed by atoms with van der Waals surface area (Å²) in [6, 6.07) is 0. The Bertz CT molecular complexity index is 144. The van der Waals surface area contributed by atoms with Gasteiger partial charge in [-0.1, -0.05) is 6.92 Å². The summed E-state index contributed by atoms with van der Waals surface area (Å²) in [5, 5.41) is 6.99. The molecule has 0 spiro atoms. The molecule has 70 valence electrons. The number of nitrogens with one attached hydrogen (secondary N) is 2. The summed E-state index contributed by atoms with van der Waals surface area (Å²) in [5.74, 6) is 0.918. The standard InChI is InChI=1S/C10H20N2/c1-10(4-6-12-8-10)9-3-2-5-11-7-9/h9,11-12H,2-8H2,1H3. The van der Waals surface area contributed by atoms with E-state index in [9.17, 15) is 0 Å². The molecule has 2 heterocycles. The highest BCUT2D eigenvalue weighted by Gasteiger charge is 2.37. The molecule has 0 aromatic rings. The summed E-state index contributed by atoms with van der Waals surface area (Å²) in [6.07, 6.45) is 4.19. The lowest BCUT2D eigenvalue weighted by Crippen LogP contribution is -2.40. The van der Waals surface area contributed by atoms with Gasteiger partial charge in [0.15, 0.2) is 0 Å². The predicted octanol–water partition coefficient (Wildman–Crippen LogP) is 0.986. The molecule has 0 aliphatic carbocycles. The smallest absolute Gasteiger partial charge is 0.000877 e. The van der Waals surface area contributed by atoms with Crippen LogP contribution in [0.25, 0.3) is 0 Å². The fraction of sp³-hybridized carbons (Fsp3) is 1.00. The molecule has 0 bridgehead atoms. The van der Waals surface area contributed by atoms with Gasteiger partial charge >= 0.3 is 0 Å². The molecule has 2 heteroatoms. The van der Waals surface area contributed by atoms with Crippen molar-refractivity contribution >= 4 is 0 Å². The number of piperidine rings is 1. The summed E-state index contributed by atoms with van der Waals surface area (Å²) in [6.45, 7) is 7.40. The highest BCUT2D eigenvalue weighted by molar-refractivity contribution is 4.91. The molecule has 2 atom stereocenters. The van der Waals surface area contributed by atoms with E-state index in [1.165, 1.54) is 45.4 Å². The zero-order valence-corrected chi connectivity index (χ0v) is 8.03. The van der Waals surface area contributed by atoms with Crippen LogP contribution in [0.1, 0.15) is 26.2 Å². The maximum absolute atomic E-state index is 3.51. The number of hydrogen-bond acceptors (Lipinski definition) is 2. The number of rotatable bonds is 1. The SMILES string of the molecule is CC1(C2CCCNC2)CCNC1. The third-order valence-corrected chi connectivity index (χ3v) is 3.68. The Morgan fingerprint density at radius 1 is 1.25 bits per heavy atom. The summed E-state index contributed by atoms with van der Waals surface area (Å²) >= 11 is 0. The van der Waals surface area contributed by atoms with Crippen molar-refractivity contribution in [3.05, 3.63) is 0 Å². The van der Waals surface area contributed by atoms with E-state index in [1.54, 1.807) is 0 Å². The molecule has 0 saturated carbocycles. The van der Waals surface area contributed by atoms with E-state index >= 15 is 0 Å². The van der Waals surface area contributed by atoms with Crippen molar-refractivity contribution < 1.29 is 0 Å². The van der Waals surface area contributed by atoms with Crippen molar-refractivity contribution in [2.45, 2.75) is 26.2 Å². The Morgan fingerprint density at radius 3 is 2.75 bits per heavy atom. The van der Waals surface area contributed by atoms with Crippen molar-refractivity contribution in [2.75, 3.05) is 26.2 Å². The van der Waals surface area contributed by atoms with Gasteiger partial charge in [-0.3, -0.25) is 0 Å². The van der Waals surface area contributed by atoms with E-state index in [1.807, 2.05) is 0 Å². The molecule has 2 aliphatic rings. The average Bonchev–Trinajstić information content (AvgIpc) is 2.55. The number of hydrogen-bond donors (Lipinski definition) is 2. The van der Waals surface area contributed by atoms with Gasteiger partial charge in [0, 0.05) is 6.54 Å². The maximum atomic E-state index is 3.51. The molecule has 12 heavy (non-hydrogen) atoms. The van der Waals surface area contributed by atoms with Crippen molar-refractivity contribution in [1.29, 1.82) is 0 Å². The minimum atomic E-state index is 0.591. The van der Waals surface area contributed by atoms with Crippen LogP contribution in [-0.2, 0) is 0 Å². The van der Waals surface area contributed by atoms with E-state index < -0.39 is 0 Å². The van der Waals surface area contributed by atoms with E-state index in [0.717, 1.165) is 5.92 Å². The molecule has 2 aliphatic heterocycles. The highest BCUT2D eigenvalue weighted by Crippen LogP contribution is 2.37. The Kier molecular flexibility index (Phi) is 2.37. The summed E-state index contributed by atoms with van der Waals surface area (Å²) < 4.78 is 0. The van der Waals surface area contributed by atoms with Crippen LogP contribution < -0.4 is 10.6 Å². The lowest BCUT2D eigenvalue weighted by molar-refractivity contribution is 0.171. The van der Waals surface area contributed by atoms with Crippen LogP contribution in [0.4, 0.5) is 0 Å². The molecular weight excluding hydrogens is 148 g/mol. The summed E-state index contributed by atoms with van der Waals surface area (Å²) in [7, 11) is 0. The van der Waals surface area contributed by atoms with Gasteiger partial charge in [0.25, 0.3) is 0 Å². The lowest BCUT2D eigenvalue weighted by atomic mass is 9.73. The Labute approximate surface area is 75.1 Å². The van der Waals surface area contributed by atoms with Gasteiger partial charge in [-0.2, -0.15) is 0 Å². The van der Waals surface area contributed by atoms with Crippen molar-refractivity contribution in [3.63, 3.8) is 0 Å². The minimum Gasteiger partial charge on any atom is -0.316 e. The molecule has 0 aromatic carbocycles. The zero-order chi connectivity index (χ0) is 8.44. The molecular formula is C10H20N2. The first kappa shape index (κ1) is 8.52. The summed E-state index contributed by atoms with van der Waals surface area (Å²) in [5.41, 5.74) is 0.591. The maximum Gasteiger partial charge on any atom is 0.000877 e. The largest absolute Gasteiger partial charge is 0.316 e. The van der Waals surface area contributed by atoms with E-state index in [0.29, 0.717) is 5.41 Å². The van der Waals surface area contributed by atoms with Crippen LogP contribution >= 0.6 is 0 Å². The highest BCUT2D eigenvalue weighted by atomic mass is 14.9. The molecule has 2 N–H and O–H groups in total. The topological polar surface area (TPSA) is 24.1 Å². The molecule has 0 amide bonds. The normalized spacial score (nSPS) is 43.2. The lowest BCUT2D eigenvalue weighted by Gasteiger charge is -2.36. The fourth-order valence-electron chi connectivity index (χ4n) is 2.63. The first-order valence-electron chi connectivity index (χ1n) is 5.23. The van der Waals surface area contributed by atoms with Crippen LogP contribution in [-0.4, -0.2) is 26.2 Å².